The van der Waals surface area contributed by atoms with Crippen molar-refractivity contribution in [2.24, 2.45) is 0 Å². The predicted molar refractivity (Wildman–Crippen MR) is 94.1 cm³/mol. The van der Waals surface area contributed by atoms with Crippen LogP contribution in [-0.2, 0) is 9.59 Å². The summed E-state index contributed by atoms with van der Waals surface area (Å²) in [7, 11) is 1.35. The Balaban J connectivity index is 2.04. The van der Waals surface area contributed by atoms with E-state index in [0.29, 0.717) is 0 Å². The largest absolute Gasteiger partial charge is 0.494 e. The van der Waals surface area contributed by atoms with Gasteiger partial charge in [0.15, 0.2) is 11.6 Å². The van der Waals surface area contributed by atoms with Gasteiger partial charge in [-0.25, -0.2) is 4.39 Å². The maximum absolute atomic E-state index is 13.6. The molecule has 2 N–H and O–H groups in total. The summed E-state index contributed by atoms with van der Waals surface area (Å²) in [6.45, 7) is 5.76. The number of rotatable bonds is 4. The summed E-state index contributed by atoms with van der Waals surface area (Å²) in [5.74, 6) is -2.21. The van der Waals surface area contributed by atoms with Crippen LogP contribution in [0, 0.1) is 19.7 Å². The number of hydrogen-bond donors (Lipinski definition) is 2. The van der Waals surface area contributed by atoms with Gasteiger partial charge in [-0.05, 0) is 49.6 Å². The average Bonchev–Trinajstić information content (AvgIpc) is 2.57. The molecular formula is C19H21FN2O3. The van der Waals surface area contributed by atoms with Gasteiger partial charge in [0.25, 0.3) is 0 Å². The van der Waals surface area contributed by atoms with E-state index in [2.05, 4.69) is 10.6 Å². The number of hydrogen-bond acceptors (Lipinski definition) is 3. The van der Waals surface area contributed by atoms with Crippen molar-refractivity contribution < 1.29 is 18.7 Å². The lowest BCUT2D eigenvalue weighted by Crippen LogP contribution is -2.37. The second-order valence-electron chi connectivity index (χ2n) is 5.79. The molecule has 0 heterocycles. The van der Waals surface area contributed by atoms with Crippen LogP contribution < -0.4 is 15.4 Å². The number of aryl methyl sites for hydroxylation is 1. The molecule has 25 heavy (non-hydrogen) atoms. The Morgan fingerprint density at radius 1 is 1.12 bits per heavy atom. The number of carbonyl (C=O) groups excluding carboxylic acids is 2. The SMILES string of the molecule is COc1ccc(NC(=O)C(=O)N[C@@H](C)c2cccc(C)c2C)cc1F. The van der Waals surface area contributed by atoms with Gasteiger partial charge < -0.3 is 15.4 Å². The molecule has 0 fully saturated rings. The van der Waals surface area contributed by atoms with Gasteiger partial charge >= 0.3 is 11.8 Å². The van der Waals surface area contributed by atoms with E-state index in [-0.39, 0.29) is 17.5 Å². The van der Waals surface area contributed by atoms with Crippen molar-refractivity contribution in [3.8, 4) is 5.75 Å². The summed E-state index contributed by atoms with van der Waals surface area (Å²) < 4.78 is 18.4. The van der Waals surface area contributed by atoms with Crippen LogP contribution in [0.25, 0.3) is 0 Å². The standard InChI is InChI=1S/C19H21FN2O3/c1-11-6-5-7-15(12(11)2)13(3)21-18(23)19(24)22-14-8-9-17(25-4)16(20)10-14/h5-10,13H,1-4H3,(H,21,23)(H,22,24)/t13-/m0/s1. The number of benzene rings is 2. The van der Waals surface area contributed by atoms with E-state index in [1.54, 1.807) is 6.92 Å². The van der Waals surface area contributed by atoms with E-state index < -0.39 is 17.6 Å². The molecule has 0 aliphatic heterocycles. The molecule has 0 bridgehead atoms. The van der Waals surface area contributed by atoms with Crippen molar-refractivity contribution in [3.05, 3.63) is 58.9 Å². The fourth-order valence-corrected chi connectivity index (χ4v) is 2.51. The third kappa shape index (κ3) is 4.35. The molecule has 0 unspecified atom stereocenters. The van der Waals surface area contributed by atoms with E-state index in [0.717, 1.165) is 22.8 Å². The normalized spacial score (nSPS) is 11.6. The molecule has 2 aromatic carbocycles. The Labute approximate surface area is 146 Å². The van der Waals surface area contributed by atoms with Crippen LogP contribution in [0.15, 0.2) is 36.4 Å². The van der Waals surface area contributed by atoms with Gasteiger partial charge in [-0.2, -0.15) is 0 Å². The van der Waals surface area contributed by atoms with E-state index in [9.17, 15) is 14.0 Å². The number of carbonyl (C=O) groups is 2. The van der Waals surface area contributed by atoms with Gasteiger partial charge in [-0.3, -0.25) is 9.59 Å². The summed E-state index contributed by atoms with van der Waals surface area (Å²) >= 11 is 0. The lowest BCUT2D eigenvalue weighted by molar-refractivity contribution is -0.136. The number of halogens is 1. The maximum atomic E-state index is 13.6. The zero-order valence-electron chi connectivity index (χ0n) is 14.6. The first-order chi connectivity index (χ1) is 11.8. The highest BCUT2D eigenvalue weighted by Crippen LogP contribution is 2.21. The van der Waals surface area contributed by atoms with E-state index in [1.165, 1.54) is 19.2 Å². The third-order valence-electron chi connectivity index (χ3n) is 4.08. The molecule has 2 rings (SSSR count). The molecule has 0 aromatic heterocycles. The summed E-state index contributed by atoms with van der Waals surface area (Å²) in [4.78, 5) is 24.1. The molecule has 0 aliphatic carbocycles. The van der Waals surface area contributed by atoms with E-state index in [4.69, 9.17) is 4.74 Å². The van der Waals surface area contributed by atoms with E-state index >= 15 is 0 Å². The fraction of sp³-hybridized carbons (Fsp3) is 0.263. The molecule has 5 nitrogen and oxygen atoms in total. The van der Waals surface area contributed by atoms with Gasteiger partial charge in [0, 0.05) is 11.8 Å². The summed E-state index contributed by atoms with van der Waals surface area (Å²) in [5.41, 5.74) is 3.29. The Morgan fingerprint density at radius 2 is 1.84 bits per heavy atom. The van der Waals surface area contributed by atoms with Crippen LogP contribution in [0.5, 0.6) is 5.75 Å². The number of nitrogens with one attached hydrogen (secondary N) is 2. The maximum Gasteiger partial charge on any atom is 0.313 e. The van der Waals surface area contributed by atoms with Gasteiger partial charge in [-0.1, -0.05) is 18.2 Å². The first-order valence-corrected chi connectivity index (χ1v) is 7.85. The average molecular weight is 344 g/mol. The topological polar surface area (TPSA) is 67.4 Å². The number of methoxy groups -OCH3 is 1. The van der Waals surface area contributed by atoms with Crippen LogP contribution in [0.3, 0.4) is 0 Å². The predicted octanol–water partition coefficient (Wildman–Crippen LogP) is 3.27. The van der Waals surface area contributed by atoms with Crippen LogP contribution in [0.2, 0.25) is 0 Å². The molecule has 132 valence electrons. The molecule has 2 aromatic rings. The number of ether oxygens (including phenoxy) is 1. The number of amides is 2. The zero-order chi connectivity index (χ0) is 18.6. The van der Waals surface area contributed by atoms with Crippen LogP contribution in [0.1, 0.15) is 29.7 Å². The highest BCUT2D eigenvalue weighted by Gasteiger charge is 2.19. The van der Waals surface area contributed by atoms with Crippen molar-refractivity contribution in [2.75, 3.05) is 12.4 Å². The highest BCUT2D eigenvalue weighted by molar-refractivity contribution is 6.39. The van der Waals surface area contributed by atoms with Gasteiger partial charge in [0.05, 0.1) is 13.2 Å². The van der Waals surface area contributed by atoms with E-state index in [1.807, 2.05) is 32.0 Å². The van der Waals surface area contributed by atoms with Crippen molar-refractivity contribution in [1.82, 2.24) is 5.32 Å². The minimum Gasteiger partial charge on any atom is -0.494 e. The third-order valence-corrected chi connectivity index (χ3v) is 4.08. The molecular weight excluding hydrogens is 323 g/mol. The quantitative estimate of drug-likeness (QED) is 0.837. The molecule has 1 atom stereocenters. The van der Waals surface area contributed by atoms with Gasteiger partial charge in [0.1, 0.15) is 0 Å². The Kier molecular flexibility index (Phi) is 5.75. The number of anilines is 1. The molecule has 6 heteroatoms. The Bertz CT molecular complexity index is 805. The first-order valence-electron chi connectivity index (χ1n) is 7.85. The Hall–Kier alpha value is -2.89. The lowest BCUT2D eigenvalue weighted by Gasteiger charge is -2.17. The second-order valence-corrected chi connectivity index (χ2v) is 5.79. The van der Waals surface area contributed by atoms with Crippen molar-refractivity contribution in [3.63, 3.8) is 0 Å². The van der Waals surface area contributed by atoms with Crippen LogP contribution in [-0.4, -0.2) is 18.9 Å². The second kappa shape index (κ2) is 7.79. The monoisotopic (exact) mass is 344 g/mol. The highest BCUT2D eigenvalue weighted by atomic mass is 19.1. The lowest BCUT2D eigenvalue weighted by atomic mass is 9.98. The van der Waals surface area contributed by atoms with Crippen molar-refractivity contribution >= 4 is 17.5 Å². The molecule has 0 saturated carbocycles. The summed E-state index contributed by atoms with van der Waals surface area (Å²) in [6.07, 6.45) is 0. The molecule has 0 aliphatic rings. The molecule has 0 saturated heterocycles. The fourth-order valence-electron chi connectivity index (χ4n) is 2.51. The van der Waals surface area contributed by atoms with Crippen LogP contribution >= 0.6 is 0 Å². The van der Waals surface area contributed by atoms with Gasteiger partial charge in [-0.15, -0.1) is 0 Å². The summed E-state index contributed by atoms with van der Waals surface area (Å²) in [5, 5.41) is 5.02. The van der Waals surface area contributed by atoms with Crippen molar-refractivity contribution in [2.45, 2.75) is 26.8 Å². The minimum absolute atomic E-state index is 0.0611. The van der Waals surface area contributed by atoms with Gasteiger partial charge in [0.2, 0.25) is 0 Å². The molecule has 2 amide bonds. The first kappa shape index (κ1) is 18.4. The zero-order valence-corrected chi connectivity index (χ0v) is 14.6. The smallest absolute Gasteiger partial charge is 0.313 e. The Morgan fingerprint density at radius 3 is 2.48 bits per heavy atom. The molecule has 0 radical (unpaired) electrons. The van der Waals surface area contributed by atoms with Crippen molar-refractivity contribution in [1.29, 1.82) is 0 Å². The molecule has 0 spiro atoms. The summed E-state index contributed by atoms with van der Waals surface area (Å²) in [6, 6.07) is 9.40. The minimum atomic E-state index is -0.860. The van der Waals surface area contributed by atoms with Crippen LogP contribution in [0.4, 0.5) is 10.1 Å².